The number of carbonyl (C=O) groups excluding carboxylic acids is 1. The molecule has 90 valence electrons. The van der Waals surface area contributed by atoms with Crippen molar-refractivity contribution in [3.63, 3.8) is 0 Å². The van der Waals surface area contributed by atoms with Crippen LogP contribution < -0.4 is 5.32 Å². The lowest BCUT2D eigenvalue weighted by Gasteiger charge is -2.13. The Morgan fingerprint density at radius 2 is 2.35 bits per heavy atom. The normalized spacial score (nSPS) is 11.6. The van der Waals surface area contributed by atoms with E-state index in [0.29, 0.717) is 15.1 Å². The summed E-state index contributed by atoms with van der Waals surface area (Å²) in [7, 11) is 0. The van der Waals surface area contributed by atoms with Crippen molar-refractivity contribution in [2.45, 2.75) is 25.8 Å². The topological polar surface area (TPSA) is 29.1 Å². The molecule has 1 aromatic carbocycles. The van der Waals surface area contributed by atoms with Gasteiger partial charge in [-0.15, -0.1) is 6.42 Å². The smallest absolute Gasteiger partial charge is 0.253 e. The van der Waals surface area contributed by atoms with Crippen molar-refractivity contribution < 1.29 is 4.79 Å². The van der Waals surface area contributed by atoms with Gasteiger partial charge < -0.3 is 5.32 Å². The molecule has 1 aromatic rings. The third kappa shape index (κ3) is 4.07. The summed E-state index contributed by atoms with van der Waals surface area (Å²) >= 11 is 9.16. The first-order valence-corrected chi connectivity index (χ1v) is 6.47. The summed E-state index contributed by atoms with van der Waals surface area (Å²) in [6, 6.07) is 4.83. The summed E-state index contributed by atoms with van der Waals surface area (Å²) < 4.78 is 0.701. The van der Waals surface area contributed by atoms with Crippen molar-refractivity contribution >= 4 is 33.4 Å². The van der Waals surface area contributed by atoms with Gasteiger partial charge in [-0.25, -0.2) is 0 Å². The Bertz CT molecular complexity index is 453. The number of carbonyl (C=O) groups is 1. The van der Waals surface area contributed by atoms with Gasteiger partial charge in [-0.2, -0.15) is 0 Å². The lowest BCUT2D eigenvalue weighted by Crippen LogP contribution is -2.33. The SMILES string of the molecule is C#CC(CCC)NC(=O)c1cc(Cl)ccc1Br. The first-order valence-electron chi connectivity index (χ1n) is 5.30. The van der Waals surface area contributed by atoms with Crippen LogP contribution in [0.4, 0.5) is 0 Å². The van der Waals surface area contributed by atoms with Crippen LogP contribution in [0, 0.1) is 12.3 Å². The second-order valence-corrected chi connectivity index (χ2v) is 4.90. The second kappa shape index (κ2) is 6.68. The molecule has 1 amide bonds. The molecule has 2 nitrogen and oxygen atoms in total. The Balaban J connectivity index is 2.83. The molecule has 0 aliphatic carbocycles. The molecule has 1 unspecified atom stereocenters. The van der Waals surface area contributed by atoms with E-state index in [-0.39, 0.29) is 11.9 Å². The summed E-state index contributed by atoms with van der Waals surface area (Å²) in [5.74, 6) is 2.35. The Morgan fingerprint density at radius 1 is 1.65 bits per heavy atom. The van der Waals surface area contributed by atoms with Crippen LogP contribution in [0.15, 0.2) is 22.7 Å². The zero-order valence-corrected chi connectivity index (χ0v) is 11.8. The fraction of sp³-hybridized carbons (Fsp3) is 0.308. The molecule has 0 fully saturated rings. The lowest BCUT2D eigenvalue weighted by atomic mass is 10.1. The van der Waals surface area contributed by atoms with Crippen LogP contribution in [-0.2, 0) is 0 Å². The number of amides is 1. The molecule has 0 aliphatic heterocycles. The minimum atomic E-state index is -0.238. The molecule has 0 spiro atoms. The van der Waals surface area contributed by atoms with Crippen LogP contribution in [0.1, 0.15) is 30.1 Å². The summed E-state index contributed by atoms with van der Waals surface area (Å²) in [4.78, 5) is 12.0. The highest BCUT2D eigenvalue weighted by Gasteiger charge is 2.13. The van der Waals surface area contributed by atoms with Crippen molar-refractivity contribution in [2.75, 3.05) is 0 Å². The zero-order chi connectivity index (χ0) is 12.8. The van der Waals surface area contributed by atoms with Crippen LogP contribution in [0.25, 0.3) is 0 Å². The maximum absolute atomic E-state index is 12.0. The summed E-state index contributed by atoms with van der Waals surface area (Å²) in [6.07, 6.45) is 7.04. The highest BCUT2D eigenvalue weighted by atomic mass is 79.9. The monoisotopic (exact) mass is 313 g/mol. The summed E-state index contributed by atoms with van der Waals surface area (Å²) in [5.41, 5.74) is 0.494. The Labute approximate surface area is 115 Å². The van der Waals surface area contributed by atoms with E-state index in [2.05, 4.69) is 27.2 Å². The van der Waals surface area contributed by atoms with Gasteiger partial charge in [-0.1, -0.05) is 30.9 Å². The van der Waals surface area contributed by atoms with Gasteiger partial charge in [-0.05, 0) is 40.5 Å². The number of hydrogen-bond acceptors (Lipinski definition) is 1. The second-order valence-electron chi connectivity index (χ2n) is 3.61. The molecule has 0 aliphatic rings. The van der Waals surface area contributed by atoms with Crippen molar-refractivity contribution in [3.8, 4) is 12.3 Å². The quantitative estimate of drug-likeness (QED) is 0.845. The number of rotatable bonds is 4. The van der Waals surface area contributed by atoms with E-state index in [1.165, 1.54) is 0 Å². The third-order valence-corrected chi connectivity index (χ3v) is 3.18. The number of hydrogen-bond donors (Lipinski definition) is 1. The number of nitrogens with one attached hydrogen (secondary N) is 1. The Morgan fingerprint density at radius 3 is 2.94 bits per heavy atom. The molecule has 17 heavy (non-hydrogen) atoms. The molecule has 0 heterocycles. The van der Waals surface area contributed by atoms with E-state index >= 15 is 0 Å². The molecule has 0 saturated heterocycles. The van der Waals surface area contributed by atoms with Gasteiger partial charge in [-0.3, -0.25) is 4.79 Å². The number of benzene rings is 1. The van der Waals surface area contributed by atoms with Gasteiger partial charge >= 0.3 is 0 Å². The molecule has 0 aromatic heterocycles. The zero-order valence-electron chi connectivity index (χ0n) is 9.47. The first-order chi connectivity index (χ1) is 8.08. The van der Waals surface area contributed by atoms with Crippen molar-refractivity contribution in [2.24, 2.45) is 0 Å². The molecule has 1 rings (SSSR count). The summed E-state index contributed by atoms with van der Waals surface area (Å²) in [6.45, 7) is 2.02. The van der Waals surface area contributed by atoms with Crippen LogP contribution in [0.3, 0.4) is 0 Å². The standard InChI is InChI=1S/C13H13BrClNO/c1-3-5-10(4-2)16-13(17)11-8-9(15)6-7-12(11)14/h2,6-8,10H,3,5H2,1H3,(H,16,17). The van der Waals surface area contributed by atoms with Crippen molar-refractivity contribution in [1.29, 1.82) is 0 Å². The Hall–Kier alpha value is -0.980. The number of terminal acetylenes is 1. The molecule has 0 radical (unpaired) electrons. The minimum absolute atomic E-state index is 0.212. The average Bonchev–Trinajstić information content (AvgIpc) is 2.31. The van der Waals surface area contributed by atoms with E-state index in [0.717, 1.165) is 12.8 Å². The van der Waals surface area contributed by atoms with Crippen molar-refractivity contribution in [1.82, 2.24) is 5.32 Å². The molecular formula is C13H13BrClNO. The molecule has 1 N–H and O–H groups in total. The van der Waals surface area contributed by atoms with E-state index in [4.69, 9.17) is 18.0 Å². The fourth-order valence-corrected chi connectivity index (χ4v) is 1.99. The fourth-order valence-electron chi connectivity index (χ4n) is 1.39. The maximum Gasteiger partial charge on any atom is 0.253 e. The highest BCUT2D eigenvalue weighted by molar-refractivity contribution is 9.10. The van der Waals surface area contributed by atoms with Crippen molar-refractivity contribution in [3.05, 3.63) is 33.3 Å². The van der Waals surface area contributed by atoms with Gasteiger partial charge in [0, 0.05) is 9.50 Å². The molecular weight excluding hydrogens is 302 g/mol. The average molecular weight is 315 g/mol. The van der Waals surface area contributed by atoms with E-state index in [1.807, 2.05) is 6.92 Å². The predicted octanol–water partition coefficient (Wildman–Crippen LogP) is 3.63. The Kier molecular flexibility index (Phi) is 5.54. The molecule has 1 atom stereocenters. The predicted molar refractivity (Wildman–Crippen MR) is 74.1 cm³/mol. The summed E-state index contributed by atoms with van der Waals surface area (Å²) in [5, 5.41) is 3.31. The van der Waals surface area contributed by atoms with Gasteiger partial charge in [0.2, 0.25) is 0 Å². The van der Waals surface area contributed by atoms with Crippen LogP contribution >= 0.6 is 27.5 Å². The van der Waals surface area contributed by atoms with E-state index in [1.54, 1.807) is 18.2 Å². The first kappa shape index (κ1) is 14.1. The van der Waals surface area contributed by atoms with Gasteiger partial charge in [0.25, 0.3) is 5.91 Å². The van der Waals surface area contributed by atoms with E-state index in [9.17, 15) is 4.79 Å². The minimum Gasteiger partial charge on any atom is -0.338 e. The third-order valence-electron chi connectivity index (χ3n) is 2.26. The van der Waals surface area contributed by atoms with Crippen LogP contribution in [0.5, 0.6) is 0 Å². The van der Waals surface area contributed by atoms with Gasteiger partial charge in [0.15, 0.2) is 0 Å². The lowest BCUT2D eigenvalue weighted by molar-refractivity contribution is 0.0943. The molecule has 0 bridgehead atoms. The maximum atomic E-state index is 12.0. The highest BCUT2D eigenvalue weighted by Crippen LogP contribution is 2.21. The molecule has 4 heteroatoms. The largest absolute Gasteiger partial charge is 0.338 e. The number of halogens is 2. The van der Waals surface area contributed by atoms with Gasteiger partial charge in [0.1, 0.15) is 0 Å². The van der Waals surface area contributed by atoms with Crippen LogP contribution in [-0.4, -0.2) is 11.9 Å². The van der Waals surface area contributed by atoms with Gasteiger partial charge in [0.05, 0.1) is 11.6 Å². The molecule has 0 saturated carbocycles. The van der Waals surface area contributed by atoms with Crippen LogP contribution in [0.2, 0.25) is 5.02 Å². The van der Waals surface area contributed by atoms with E-state index < -0.39 is 0 Å².